The van der Waals surface area contributed by atoms with E-state index in [2.05, 4.69) is 20.9 Å². The summed E-state index contributed by atoms with van der Waals surface area (Å²) < 4.78 is 16.9. The van der Waals surface area contributed by atoms with Crippen molar-refractivity contribution in [3.8, 4) is 11.5 Å². The largest absolute Gasteiger partial charge is 0.493 e. The van der Waals surface area contributed by atoms with E-state index in [1.54, 1.807) is 32.3 Å². The van der Waals surface area contributed by atoms with E-state index in [4.69, 9.17) is 14.2 Å². The second-order valence-corrected chi connectivity index (χ2v) is 7.95. The molecule has 1 heterocycles. The van der Waals surface area contributed by atoms with Crippen molar-refractivity contribution in [3.05, 3.63) is 57.4 Å². The fourth-order valence-corrected chi connectivity index (χ4v) is 4.26. The standard InChI is InChI=1S/C21H21BrN2O4S/c1-26-10-9-24-20(25)18(29-21(24)23-16-7-5-4-6-8-16)12-14-11-15(22)13-17(27-2)19(14)28-3/h4-8,11-13H,9-10H2,1-3H3. The first-order valence-electron chi connectivity index (χ1n) is 8.83. The third kappa shape index (κ3) is 5.01. The van der Waals surface area contributed by atoms with Crippen LogP contribution in [0.1, 0.15) is 5.56 Å². The fourth-order valence-electron chi connectivity index (χ4n) is 2.79. The van der Waals surface area contributed by atoms with Crippen molar-refractivity contribution in [2.45, 2.75) is 0 Å². The summed E-state index contributed by atoms with van der Waals surface area (Å²) >= 11 is 4.80. The number of halogens is 1. The van der Waals surface area contributed by atoms with E-state index in [1.165, 1.54) is 11.8 Å². The summed E-state index contributed by atoms with van der Waals surface area (Å²) in [5.41, 5.74) is 1.52. The first-order valence-corrected chi connectivity index (χ1v) is 10.4. The molecular weight excluding hydrogens is 456 g/mol. The molecule has 2 aromatic carbocycles. The lowest BCUT2D eigenvalue weighted by atomic mass is 10.1. The number of benzene rings is 2. The van der Waals surface area contributed by atoms with Crippen LogP contribution >= 0.6 is 27.7 Å². The second-order valence-electron chi connectivity index (χ2n) is 6.02. The van der Waals surface area contributed by atoms with Crippen molar-refractivity contribution in [2.75, 3.05) is 34.5 Å². The second kappa shape index (κ2) is 9.96. The molecule has 6 nitrogen and oxygen atoms in total. The molecule has 0 unspecified atom stereocenters. The van der Waals surface area contributed by atoms with Crippen LogP contribution in [0, 0.1) is 0 Å². The van der Waals surface area contributed by atoms with Crippen LogP contribution in [0.15, 0.2) is 56.8 Å². The number of aliphatic imine (C=N–C) groups is 1. The summed E-state index contributed by atoms with van der Waals surface area (Å²) in [7, 11) is 4.76. The molecule has 1 aliphatic rings. The average molecular weight is 477 g/mol. The van der Waals surface area contributed by atoms with E-state index in [1.807, 2.05) is 42.5 Å². The quantitative estimate of drug-likeness (QED) is 0.541. The third-order valence-corrected chi connectivity index (χ3v) is 5.61. The first kappa shape index (κ1) is 21.4. The third-order valence-electron chi connectivity index (χ3n) is 4.15. The van der Waals surface area contributed by atoms with Gasteiger partial charge in [0.05, 0.1) is 38.0 Å². The predicted molar refractivity (Wildman–Crippen MR) is 120 cm³/mol. The summed E-state index contributed by atoms with van der Waals surface area (Å²) in [5, 5.41) is 0.616. The van der Waals surface area contributed by atoms with Gasteiger partial charge in [0, 0.05) is 17.1 Å². The Balaban J connectivity index is 2.01. The van der Waals surface area contributed by atoms with Crippen molar-refractivity contribution < 1.29 is 19.0 Å². The Bertz CT molecular complexity index is 947. The number of rotatable bonds is 7. The normalized spacial score (nSPS) is 16.7. The molecule has 1 amide bonds. The SMILES string of the molecule is COCCN1C(=O)C(=Cc2cc(Br)cc(OC)c2OC)SC1=Nc1ccccc1. The van der Waals surface area contributed by atoms with E-state index >= 15 is 0 Å². The topological polar surface area (TPSA) is 60.4 Å². The fraction of sp³-hybridized carbons (Fsp3) is 0.238. The van der Waals surface area contributed by atoms with Gasteiger partial charge in [-0.15, -0.1) is 0 Å². The Morgan fingerprint density at radius 1 is 1.14 bits per heavy atom. The molecule has 2 aromatic rings. The van der Waals surface area contributed by atoms with Crippen LogP contribution in [0.5, 0.6) is 11.5 Å². The van der Waals surface area contributed by atoms with Crippen molar-refractivity contribution in [2.24, 2.45) is 4.99 Å². The maximum Gasteiger partial charge on any atom is 0.266 e. The zero-order valence-corrected chi connectivity index (χ0v) is 18.7. The number of amidine groups is 1. The molecule has 1 aliphatic heterocycles. The number of para-hydroxylation sites is 1. The summed E-state index contributed by atoms with van der Waals surface area (Å²) in [4.78, 5) is 19.9. The smallest absolute Gasteiger partial charge is 0.266 e. The molecule has 0 aliphatic carbocycles. The molecule has 0 bridgehead atoms. The minimum Gasteiger partial charge on any atom is -0.493 e. The Morgan fingerprint density at radius 3 is 2.55 bits per heavy atom. The van der Waals surface area contributed by atoms with Gasteiger partial charge in [0.2, 0.25) is 0 Å². The zero-order valence-electron chi connectivity index (χ0n) is 16.3. The number of hydrogen-bond acceptors (Lipinski definition) is 6. The van der Waals surface area contributed by atoms with Crippen LogP contribution in [0.25, 0.3) is 6.08 Å². The number of nitrogens with zero attached hydrogens (tertiary/aromatic N) is 2. The van der Waals surface area contributed by atoms with E-state index in [0.29, 0.717) is 34.7 Å². The number of carbonyl (C=O) groups excluding carboxylic acids is 1. The highest BCUT2D eigenvalue weighted by Crippen LogP contribution is 2.39. The highest BCUT2D eigenvalue weighted by atomic mass is 79.9. The van der Waals surface area contributed by atoms with Gasteiger partial charge in [-0.25, -0.2) is 4.99 Å². The number of amides is 1. The molecule has 0 saturated carbocycles. The number of thioether (sulfide) groups is 1. The number of methoxy groups -OCH3 is 3. The molecule has 0 radical (unpaired) electrons. The van der Waals surface area contributed by atoms with E-state index < -0.39 is 0 Å². The summed E-state index contributed by atoms with van der Waals surface area (Å²) in [5.74, 6) is 1.02. The lowest BCUT2D eigenvalue weighted by molar-refractivity contribution is -0.122. The average Bonchev–Trinajstić information content (AvgIpc) is 3.00. The van der Waals surface area contributed by atoms with Gasteiger partial charge < -0.3 is 14.2 Å². The zero-order chi connectivity index (χ0) is 20.8. The van der Waals surface area contributed by atoms with E-state index in [0.717, 1.165) is 15.7 Å². The molecule has 1 saturated heterocycles. The minimum atomic E-state index is -0.122. The number of hydrogen-bond donors (Lipinski definition) is 0. The first-order chi connectivity index (χ1) is 14.1. The van der Waals surface area contributed by atoms with Crippen LogP contribution in [-0.4, -0.2) is 50.5 Å². The van der Waals surface area contributed by atoms with Crippen LogP contribution in [0.3, 0.4) is 0 Å². The summed E-state index contributed by atoms with van der Waals surface area (Å²) in [6.45, 7) is 0.839. The van der Waals surface area contributed by atoms with Gasteiger partial charge in [-0.3, -0.25) is 9.69 Å². The highest BCUT2D eigenvalue weighted by Gasteiger charge is 2.33. The van der Waals surface area contributed by atoms with Gasteiger partial charge >= 0.3 is 0 Å². The maximum absolute atomic E-state index is 13.1. The van der Waals surface area contributed by atoms with Crippen LogP contribution in [0.4, 0.5) is 5.69 Å². The van der Waals surface area contributed by atoms with Gasteiger partial charge in [0.25, 0.3) is 5.91 Å². The maximum atomic E-state index is 13.1. The lowest BCUT2D eigenvalue weighted by Gasteiger charge is -2.14. The summed E-state index contributed by atoms with van der Waals surface area (Å²) in [6.07, 6.45) is 1.80. The molecule has 0 atom stereocenters. The Labute approximate surface area is 182 Å². The number of ether oxygens (including phenoxy) is 3. The van der Waals surface area contributed by atoms with Gasteiger partial charge in [0.15, 0.2) is 16.7 Å². The molecule has 8 heteroatoms. The molecule has 1 fully saturated rings. The summed E-state index contributed by atoms with van der Waals surface area (Å²) in [6, 6.07) is 13.3. The monoisotopic (exact) mass is 476 g/mol. The van der Waals surface area contributed by atoms with E-state index in [9.17, 15) is 4.79 Å². The predicted octanol–water partition coefficient (Wildman–Crippen LogP) is 4.72. The molecular formula is C21H21BrN2O4S. The van der Waals surface area contributed by atoms with Gasteiger partial charge in [-0.2, -0.15) is 0 Å². The molecule has 152 valence electrons. The number of carbonyl (C=O) groups is 1. The van der Waals surface area contributed by atoms with Crippen molar-refractivity contribution in [1.29, 1.82) is 0 Å². The van der Waals surface area contributed by atoms with Gasteiger partial charge in [0.1, 0.15) is 0 Å². The van der Waals surface area contributed by atoms with Gasteiger partial charge in [-0.1, -0.05) is 34.1 Å². The van der Waals surface area contributed by atoms with Crippen molar-refractivity contribution in [3.63, 3.8) is 0 Å². The van der Waals surface area contributed by atoms with Crippen molar-refractivity contribution in [1.82, 2.24) is 4.90 Å². The van der Waals surface area contributed by atoms with Crippen LogP contribution in [-0.2, 0) is 9.53 Å². The van der Waals surface area contributed by atoms with Crippen LogP contribution < -0.4 is 9.47 Å². The highest BCUT2D eigenvalue weighted by molar-refractivity contribution is 9.10. The van der Waals surface area contributed by atoms with E-state index in [-0.39, 0.29) is 5.91 Å². The van der Waals surface area contributed by atoms with Crippen molar-refractivity contribution >= 4 is 50.5 Å². The molecule has 0 aromatic heterocycles. The molecule has 0 spiro atoms. The molecule has 3 rings (SSSR count). The Hall–Kier alpha value is -2.29. The Kier molecular flexibility index (Phi) is 7.35. The Morgan fingerprint density at radius 2 is 1.90 bits per heavy atom. The molecule has 29 heavy (non-hydrogen) atoms. The minimum absolute atomic E-state index is 0.122. The van der Waals surface area contributed by atoms with Gasteiger partial charge in [-0.05, 0) is 42.1 Å². The molecule has 0 N–H and O–H groups in total. The lowest BCUT2D eigenvalue weighted by Crippen LogP contribution is -2.32. The van der Waals surface area contributed by atoms with Crippen LogP contribution in [0.2, 0.25) is 0 Å².